The number of nitrogens with one attached hydrogen (secondary N) is 1. The Hall–Kier alpha value is -2.24. The van der Waals surface area contributed by atoms with Crippen LogP contribution in [0, 0.1) is 0 Å². The van der Waals surface area contributed by atoms with Gasteiger partial charge in [-0.25, -0.2) is 4.68 Å². The van der Waals surface area contributed by atoms with Crippen LogP contribution in [0.25, 0.3) is 5.69 Å². The van der Waals surface area contributed by atoms with Crippen LogP contribution in [0.15, 0.2) is 30.6 Å². The van der Waals surface area contributed by atoms with Crippen LogP contribution in [-0.4, -0.2) is 32.7 Å². The van der Waals surface area contributed by atoms with Crippen LogP contribution < -0.4 is 5.32 Å². The van der Waals surface area contributed by atoms with Gasteiger partial charge in [-0.3, -0.25) is 4.79 Å². The second kappa shape index (κ2) is 5.90. The number of benzene rings is 1. The first-order valence-electron chi connectivity index (χ1n) is 5.93. The lowest BCUT2D eigenvalue weighted by molar-refractivity contribution is 0.0953. The van der Waals surface area contributed by atoms with Gasteiger partial charge in [0.1, 0.15) is 6.33 Å². The van der Waals surface area contributed by atoms with Crippen LogP contribution in [-0.2, 0) is 0 Å². The smallest absolute Gasteiger partial charge is 0.251 e. The summed E-state index contributed by atoms with van der Waals surface area (Å²) in [5.41, 5.74) is 1.38. The molecule has 0 unspecified atom stereocenters. The first-order valence-corrected chi connectivity index (χ1v) is 5.93. The summed E-state index contributed by atoms with van der Waals surface area (Å²) < 4.78 is 1.52. The summed E-state index contributed by atoms with van der Waals surface area (Å²) in [5, 5.41) is 13.8. The number of amides is 1. The lowest BCUT2D eigenvalue weighted by atomic mass is 10.2. The number of carbonyl (C=O) groups excluding carboxylic acids is 1. The fourth-order valence-corrected chi connectivity index (χ4v) is 1.55. The predicted octanol–water partition coefficient (Wildman–Crippen LogP) is 1.19. The number of rotatable bonds is 5. The zero-order chi connectivity index (χ0) is 12.8. The maximum atomic E-state index is 11.9. The third-order valence-electron chi connectivity index (χ3n) is 2.54. The number of tetrazole rings is 1. The summed E-state index contributed by atoms with van der Waals surface area (Å²) in [4.78, 5) is 11.9. The number of hydrogen-bond acceptors (Lipinski definition) is 4. The number of aromatic nitrogens is 4. The predicted molar refractivity (Wildman–Crippen MR) is 66.4 cm³/mol. The summed E-state index contributed by atoms with van der Waals surface area (Å²) in [6.07, 6.45) is 3.54. The van der Waals surface area contributed by atoms with Crippen LogP contribution in [0.4, 0.5) is 0 Å². The van der Waals surface area contributed by atoms with E-state index in [9.17, 15) is 4.79 Å². The molecule has 0 spiro atoms. The highest BCUT2D eigenvalue weighted by molar-refractivity contribution is 5.94. The van der Waals surface area contributed by atoms with E-state index in [1.165, 1.54) is 11.0 Å². The molecule has 0 aliphatic carbocycles. The van der Waals surface area contributed by atoms with Gasteiger partial charge in [-0.15, -0.1) is 5.10 Å². The standard InChI is InChI=1S/C12H15N5O/c1-2-3-7-13-12(18)10-5-4-6-11(8-10)17-9-14-15-16-17/h4-6,8-9H,2-3,7H2,1H3,(H,13,18). The van der Waals surface area contributed by atoms with Gasteiger partial charge in [0.2, 0.25) is 0 Å². The van der Waals surface area contributed by atoms with Crippen molar-refractivity contribution in [1.82, 2.24) is 25.5 Å². The monoisotopic (exact) mass is 245 g/mol. The molecule has 6 nitrogen and oxygen atoms in total. The maximum Gasteiger partial charge on any atom is 0.251 e. The molecule has 0 radical (unpaired) electrons. The Bertz CT molecular complexity index is 509. The molecular weight excluding hydrogens is 230 g/mol. The lowest BCUT2D eigenvalue weighted by Crippen LogP contribution is -2.24. The van der Waals surface area contributed by atoms with Gasteiger partial charge in [-0.2, -0.15) is 0 Å². The van der Waals surface area contributed by atoms with E-state index in [0.717, 1.165) is 18.5 Å². The second-order valence-electron chi connectivity index (χ2n) is 3.91. The Morgan fingerprint density at radius 3 is 3.06 bits per heavy atom. The van der Waals surface area contributed by atoms with Gasteiger partial charge in [-0.1, -0.05) is 19.4 Å². The number of carbonyl (C=O) groups is 1. The number of nitrogens with zero attached hydrogens (tertiary/aromatic N) is 4. The molecule has 0 saturated carbocycles. The number of unbranched alkanes of at least 4 members (excludes halogenated alkanes) is 1. The Balaban J connectivity index is 2.10. The molecule has 1 amide bonds. The fraction of sp³-hybridized carbons (Fsp3) is 0.333. The van der Waals surface area contributed by atoms with Crippen LogP contribution in [0.2, 0.25) is 0 Å². The zero-order valence-electron chi connectivity index (χ0n) is 10.2. The van der Waals surface area contributed by atoms with Crippen molar-refractivity contribution in [2.45, 2.75) is 19.8 Å². The van der Waals surface area contributed by atoms with Gasteiger partial charge in [0, 0.05) is 12.1 Å². The zero-order valence-corrected chi connectivity index (χ0v) is 10.2. The average molecular weight is 245 g/mol. The van der Waals surface area contributed by atoms with Crippen molar-refractivity contribution in [1.29, 1.82) is 0 Å². The maximum absolute atomic E-state index is 11.9. The fourth-order valence-electron chi connectivity index (χ4n) is 1.55. The van der Waals surface area contributed by atoms with Crippen LogP contribution in [0.1, 0.15) is 30.1 Å². The molecule has 2 aromatic rings. The summed E-state index contributed by atoms with van der Waals surface area (Å²) in [6.45, 7) is 2.79. The van der Waals surface area contributed by atoms with Crippen LogP contribution in [0.5, 0.6) is 0 Å². The molecule has 0 bridgehead atoms. The van der Waals surface area contributed by atoms with Crippen LogP contribution in [0.3, 0.4) is 0 Å². The van der Waals surface area contributed by atoms with Crippen molar-refractivity contribution in [2.24, 2.45) is 0 Å². The molecule has 1 aromatic carbocycles. The molecule has 1 heterocycles. The van der Waals surface area contributed by atoms with E-state index in [4.69, 9.17) is 0 Å². The van der Waals surface area contributed by atoms with Gasteiger partial charge in [0.05, 0.1) is 5.69 Å². The molecule has 6 heteroatoms. The topological polar surface area (TPSA) is 72.7 Å². The minimum Gasteiger partial charge on any atom is -0.352 e. The highest BCUT2D eigenvalue weighted by atomic mass is 16.1. The largest absolute Gasteiger partial charge is 0.352 e. The molecular formula is C12H15N5O. The molecule has 94 valence electrons. The Morgan fingerprint density at radius 1 is 1.44 bits per heavy atom. The van der Waals surface area contributed by atoms with E-state index in [1.807, 2.05) is 12.1 Å². The molecule has 0 atom stereocenters. The first kappa shape index (κ1) is 12.2. The normalized spacial score (nSPS) is 10.3. The Morgan fingerprint density at radius 2 is 2.33 bits per heavy atom. The molecule has 1 N–H and O–H groups in total. The summed E-state index contributed by atoms with van der Waals surface area (Å²) in [6, 6.07) is 7.19. The third kappa shape index (κ3) is 2.91. The Labute approximate surface area is 105 Å². The van der Waals surface area contributed by atoms with Crippen molar-refractivity contribution < 1.29 is 4.79 Å². The molecule has 1 aromatic heterocycles. The molecule has 0 fully saturated rings. The van der Waals surface area contributed by atoms with E-state index < -0.39 is 0 Å². The van der Waals surface area contributed by atoms with E-state index in [-0.39, 0.29) is 5.91 Å². The van der Waals surface area contributed by atoms with Crippen molar-refractivity contribution in [3.05, 3.63) is 36.2 Å². The van der Waals surface area contributed by atoms with Gasteiger partial charge in [-0.05, 0) is 35.0 Å². The summed E-state index contributed by atoms with van der Waals surface area (Å²) in [7, 11) is 0. The quantitative estimate of drug-likeness (QED) is 0.803. The van der Waals surface area contributed by atoms with E-state index in [1.54, 1.807) is 12.1 Å². The third-order valence-corrected chi connectivity index (χ3v) is 2.54. The first-order chi connectivity index (χ1) is 8.81. The molecule has 2 rings (SSSR count). The van der Waals surface area contributed by atoms with Crippen molar-refractivity contribution in [3.63, 3.8) is 0 Å². The minimum absolute atomic E-state index is 0.0709. The van der Waals surface area contributed by atoms with Crippen molar-refractivity contribution >= 4 is 5.91 Å². The van der Waals surface area contributed by atoms with Gasteiger partial charge >= 0.3 is 0 Å². The SMILES string of the molecule is CCCCNC(=O)c1cccc(-n2cnnn2)c1. The highest BCUT2D eigenvalue weighted by Gasteiger charge is 2.06. The van der Waals surface area contributed by atoms with Gasteiger partial charge in [0.25, 0.3) is 5.91 Å². The van der Waals surface area contributed by atoms with Crippen molar-refractivity contribution in [2.75, 3.05) is 6.54 Å². The van der Waals surface area contributed by atoms with E-state index in [2.05, 4.69) is 27.8 Å². The molecule has 18 heavy (non-hydrogen) atoms. The van der Waals surface area contributed by atoms with Gasteiger partial charge in [0.15, 0.2) is 0 Å². The average Bonchev–Trinajstić information content (AvgIpc) is 2.93. The summed E-state index contributed by atoms with van der Waals surface area (Å²) >= 11 is 0. The summed E-state index contributed by atoms with van der Waals surface area (Å²) in [5.74, 6) is -0.0709. The second-order valence-corrected chi connectivity index (χ2v) is 3.91. The van der Waals surface area contributed by atoms with Gasteiger partial charge < -0.3 is 5.32 Å². The minimum atomic E-state index is -0.0709. The van der Waals surface area contributed by atoms with Crippen LogP contribution >= 0.6 is 0 Å². The lowest BCUT2D eigenvalue weighted by Gasteiger charge is -2.05. The molecule has 0 aliphatic heterocycles. The van der Waals surface area contributed by atoms with Crippen molar-refractivity contribution in [3.8, 4) is 5.69 Å². The van der Waals surface area contributed by atoms with E-state index in [0.29, 0.717) is 12.1 Å². The number of hydrogen-bond donors (Lipinski definition) is 1. The van der Waals surface area contributed by atoms with E-state index >= 15 is 0 Å². The Kier molecular flexibility index (Phi) is 4.01. The highest BCUT2D eigenvalue weighted by Crippen LogP contribution is 2.08. The molecule has 0 aliphatic rings. The molecule has 0 saturated heterocycles.